The van der Waals surface area contributed by atoms with Crippen molar-refractivity contribution in [2.24, 2.45) is 0 Å². The Bertz CT molecular complexity index is 616. The Morgan fingerprint density at radius 3 is 1.46 bits per heavy atom. The maximum atomic E-state index is 4.94. The minimum absolute atomic E-state index is 0.774. The zero-order valence-corrected chi connectivity index (χ0v) is 20.3. The third-order valence-corrected chi connectivity index (χ3v) is 7.92. The molecule has 2 rings (SSSR count). The topological polar surface area (TPSA) is 57.4 Å². The molecule has 0 aliphatic heterocycles. The van der Waals surface area contributed by atoms with Gasteiger partial charge in [0, 0.05) is 11.5 Å². The summed E-state index contributed by atoms with van der Waals surface area (Å²) >= 11 is 16.6. The number of nitrogens with one attached hydrogen (secondary N) is 2. The number of H-pyrrole nitrogens is 2. The monoisotopic (exact) mass is 468 g/mol. The number of rotatable bonds is 12. The predicted octanol–water partition coefficient (Wildman–Crippen LogP) is 7.75. The van der Waals surface area contributed by atoms with E-state index in [1.807, 2.05) is 0 Å². The predicted molar refractivity (Wildman–Crippen MR) is 124 cm³/mol. The Morgan fingerprint density at radius 1 is 0.731 bits per heavy atom. The molecule has 2 heterocycles. The lowest BCUT2D eigenvalue weighted by Crippen LogP contribution is -1.80. The van der Waals surface area contributed by atoms with Crippen molar-refractivity contribution in [3.63, 3.8) is 0 Å². The third-order valence-electron chi connectivity index (χ3n) is 3.28. The fraction of sp³-hybridized carbons (Fsp3) is 0.750. The molecule has 4 nitrogen and oxygen atoms in total. The Kier molecular flexibility index (Phi) is 15.2. The summed E-state index contributed by atoms with van der Waals surface area (Å²) in [5.74, 6) is 2.33. The van der Waals surface area contributed by atoms with E-state index in [4.69, 9.17) is 24.4 Å². The largest absolute Gasteiger partial charge is 0.257 e. The first-order valence-electron chi connectivity index (χ1n) is 9.02. The van der Waals surface area contributed by atoms with Crippen molar-refractivity contribution < 1.29 is 0 Å². The number of aromatic nitrogens is 4. The van der Waals surface area contributed by atoms with E-state index in [1.165, 1.54) is 51.4 Å². The van der Waals surface area contributed by atoms with Crippen molar-refractivity contribution in [1.82, 2.24) is 20.4 Å². The standard InChI is InChI=1S/2C8H14N2S3/c2*1-2-3-4-5-6-12-8-10-9-7(11)13-8/h2*2-6H2,1H3,(H,9,11). The zero-order valence-electron chi connectivity index (χ0n) is 15.4. The van der Waals surface area contributed by atoms with Crippen molar-refractivity contribution in [3.05, 3.63) is 7.91 Å². The molecule has 26 heavy (non-hydrogen) atoms. The van der Waals surface area contributed by atoms with Crippen LogP contribution >= 0.6 is 70.6 Å². The van der Waals surface area contributed by atoms with Crippen molar-refractivity contribution >= 4 is 70.6 Å². The minimum atomic E-state index is 0.774. The number of unbranched alkanes of at least 4 members (excludes halogenated alkanes) is 6. The molecule has 2 N–H and O–H groups in total. The maximum Gasteiger partial charge on any atom is 0.177 e. The van der Waals surface area contributed by atoms with Crippen LogP contribution in [0, 0.1) is 7.91 Å². The van der Waals surface area contributed by atoms with Gasteiger partial charge in [-0.05, 0) is 37.3 Å². The van der Waals surface area contributed by atoms with E-state index < -0.39 is 0 Å². The summed E-state index contributed by atoms with van der Waals surface area (Å²) in [6.07, 6.45) is 10.5. The average Bonchev–Trinajstić information content (AvgIpc) is 3.23. The van der Waals surface area contributed by atoms with Crippen molar-refractivity contribution in [2.75, 3.05) is 11.5 Å². The van der Waals surface area contributed by atoms with Gasteiger partial charge in [-0.1, -0.05) is 98.6 Å². The van der Waals surface area contributed by atoms with Gasteiger partial charge in [0.05, 0.1) is 0 Å². The highest BCUT2D eigenvalue weighted by molar-refractivity contribution is 8.01. The second-order valence-electron chi connectivity index (χ2n) is 5.58. The van der Waals surface area contributed by atoms with Crippen LogP contribution in [-0.2, 0) is 0 Å². The Hall–Kier alpha value is 0.260. The molecule has 0 amide bonds. The molecule has 0 fully saturated rings. The second kappa shape index (κ2) is 16.2. The molecular weight excluding hydrogens is 441 g/mol. The Labute approximate surface area is 183 Å². The molecular formula is C16H28N4S6. The van der Waals surface area contributed by atoms with Crippen molar-refractivity contribution in [3.8, 4) is 0 Å². The lowest BCUT2D eigenvalue weighted by Gasteiger charge is -1.96. The van der Waals surface area contributed by atoms with E-state index in [1.54, 1.807) is 46.2 Å². The number of hydrogen-bond acceptors (Lipinski definition) is 8. The van der Waals surface area contributed by atoms with Crippen LogP contribution in [0.4, 0.5) is 0 Å². The summed E-state index contributed by atoms with van der Waals surface area (Å²) < 4.78 is 3.69. The molecule has 10 heteroatoms. The Balaban J connectivity index is 0.000000260. The first kappa shape index (κ1) is 24.3. The molecule has 0 unspecified atom stereocenters. The van der Waals surface area contributed by atoms with E-state index in [0.29, 0.717) is 0 Å². The maximum absolute atomic E-state index is 4.94. The second-order valence-corrected chi connectivity index (χ2v) is 11.6. The van der Waals surface area contributed by atoms with Crippen molar-refractivity contribution in [1.29, 1.82) is 0 Å². The van der Waals surface area contributed by atoms with Gasteiger partial charge in [0.15, 0.2) is 16.6 Å². The molecule has 0 aliphatic rings. The van der Waals surface area contributed by atoms with Crippen LogP contribution in [0.1, 0.15) is 65.2 Å². The summed E-state index contributed by atoms with van der Waals surface area (Å²) in [7, 11) is 0. The third kappa shape index (κ3) is 12.6. The van der Waals surface area contributed by atoms with Crippen LogP contribution in [0.2, 0.25) is 0 Å². The highest BCUT2D eigenvalue weighted by Gasteiger charge is 1.98. The molecule has 0 bridgehead atoms. The van der Waals surface area contributed by atoms with Gasteiger partial charge in [0.1, 0.15) is 0 Å². The Morgan fingerprint density at radius 2 is 1.15 bits per heavy atom. The average molecular weight is 469 g/mol. The first-order valence-corrected chi connectivity index (χ1v) is 13.4. The fourth-order valence-electron chi connectivity index (χ4n) is 1.93. The summed E-state index contributed by atoms with van der Waals surface area (Å²) in [5.41, 5.74) is 0. The molecule has 2 aromatic rings. The molecule has 0 radical (unpaired) electrons. The van der Waals surface area contributed by atoms with E-state index in [9.17, 15) is 0 Å². The van der Waals surface area contributed by atoms with Crippen LogP contribution < -0.4 is 0 Å². The van der Waals surface area contributed by atoms with Crippen LogP contribution in [0.5, 0.6) is 0 Å². The van der Waals surface area contributed by atoms with Crippen LogP contribution in [0.25, 0.3) is 0 Å². The quantitative estimate of drug-likeness (QED) is 0.189. The van der Waals surface area contributed by atoms with Gasteiger partial charge in [-0.25, -0.2) is 0 Å². The summed E-state index contributed by atoms with van der Waals surface area (Å²) in [5, 5.41) is 13.7. The van der Waals surface area contributed by atoms with Gasteiger partial charge in [-0.3, -0.25) is 10.2 Å². The molecule has 0 spiro atoms. The van der Waals surface area contributed by atoms with Gasteiger partial charge in [0.25, 0.3) is 0 Å². The molecule has 0 aliphatic carbocycles. The first-order chi connectivity index (χ1) is 12.7. The molecule has 0 aromatic carbocycles. The summed E-state index contributed by atoms with van der Waals surface area (Å²) in [6.45, 7) is 4.46. The van der Waals surface area contributed by atoms with Gasteiger partial charge in [-0.2, -0.15) is 10.2 Å². The number of thioether (sulfide) groups is 2. The van der Waals surface area contributed by atoms with Crippen LogP contribution in [0.3, 0.4) is 0 Å². The van der Waals surface area contributed by atoms with E-state index in [0.717, 1.165) is 28.1 Å². The SMILES string of the molecule is CCCCCCSc1n[nH]c(=S)s1.CCCCCCSc1n[nH]c(=S)s1. The van der Waals surface area contributed by atoms with E-state index in [-0.39, 0.29) is 0 Å². The molecule has 0 saturated carbocycles. The number of aromatic amines is 2. The van der Waals surface area contributed by atoms with Crippen LogP contribution in [0.15, 0.2) is 8.68 Å². The fourth-order valence-corrected chi connectivity index (χ4v) is 6.23. The normalized spacial score (nSPS) is 10.5. The van der Waals surface area contributed by atoms with E-state index >= 15 is 0 Å². The van der Waals surface area contributed by atoms with Gasteiger partial charge in [0.2, 0.25) is 0 Å². The van der Waals surface area contributed by atoms with Crippen LogP contribution in [-0.4, -0.2) is 31.9 Å². The molecule has 2 aromatic heterocycles. The van der Waals surface area contributed by atoms with Gasteiger partial charge >= 0.3 is 0 Å². The summed E-state index contributed by atoms with van der Waals surface area (Å²) in [4.78, 5) is 0. The molecule has 0 atom stereocenters. The number of hydrogen-bond donors (Lipinski definition) is 2. The number of nitrogens with zero attached hydrogens (tertiary/aromatic N) is 2. The van der Waals surface area contributed by atoms with Gasteiger partial charge < -0.3 is 0 Å². The van der Waals surface area contributed by atoms with Crippen molar-refractivity contribution in [2.45, 2.75) is 73.9 Å². The smallest absolute Gasteiger partial charge is 0.177 e. The molecule has 148 valence electrons. The highest BCUT2D eigenvalue weighted by atomic mass is 32.2. The zero-order chi connectivity index (χ0) is 19.0. The lowest BCUT2D eigenvalue weighted by atomic mass is 10.2. The van der Waals surface area contributed by atoms with Gasteiger partial charge in [-0.15, -0.1) is 0 Å². The highest BCUT2D eigenvalue weighted by Crippen LogP contribution is 2.22. The lowest BCUT2D eigenvalue weighted by molar-refractivity contribution is 0.706. The minimum Gasteiger partial charge on any atom is -0.257 e. The molecule has 0 saturated heterocycles. The van der Waals surface area contributed by atoms with E-state index in [2.05, 4.69) is 34.2 Å². The summed E-state index contributed by atoms with van der Waals surface area (Å²) in [6, 6.07) is 0.